The van der Waals surface area contributed by atoms with Crippen molar-refractivity contribution in [3.63, 3.8) is 0 Å². The second-order valence-electron chi connectivity index (χ2n) is 8.79. The number of likely N-dealkylation sites (tertiary alicyclic amines) is 1. The minimum absolute atomic E-state index is 0.0786. The van der Waals surface area contributed by atoms with Crippen LogP contribution in [0.25, 0.3) is 10.9 Å². The summed E-state index contributed by atoms with van der Waals surface area (Å²) in [5.41, 5.74) is 8.46. The van der Waals surface area contributed by atoms with Crippen molar-refractivity contribution in [3.8, 4) is 0 Å². The smallest absolute Gasteiger partial charge is 0.240 e. The molecule has 1 aromatic heterocycles. The first-order chi connectivity index (χ1) is 13.5. The van der Waals surface area contributed by atoms with Crippen molar-refractivity contribution in [3.05, 3.63) is 35.0 Å². The van der Waals surface area contributed by atoms with Crippen LogP contribution in [0.3, 0.4) is 0 Å². The third kappa shape index (κ3) is 3.35. The zero-order valence-electron chi connectivity index (χ0n) is 17.8. The van der Waals surface area contributed by atoms with Gasteiger partial charge in [0, 0.05) is 36.0 Å². The van der Waals surface area contributed by atoms with Crippen LogP contribution >= 0.6 is 0 Å². The lowest BCUT2D eigenvalue weighted by Crippen LogP contribution is -2.47. The average molecular weight is 383 g/mol. The van der Waals surface area contributed by atoms with Crippen molar-refractivity contribution in [2.75, 3.05) is 39.2 Å². The number of carbonyl (C=O) groups is 1. The van der Waals surface area contributed by atoms with Crippen LogP contribution < -0.4 is 5.43 Å². The van der Waals surface area contributed by atoms with E-state index in [-0.39, 0.29) is 5.91 Å². The summed E-state index contributed by atoms with van der Waals surface area (Å²) >= 11 is 0. The Morgan fingerprint density at radius 3 is 2.89 bits per heavy atom. The van der Waals surface area contributed by atoms with E-state index in [1.165, 1.54) is 54.6 Å². The van der Waals surface area contributed by atoms with Crippen LogP contribution in [0, 0.1) is 6.92 Å². The highest BCUT2D eigenvalue weighted by Gasteiger charge is 2.38. The first-order valence-corrected chi connectivity index (χ1v) is 10.8. The number of aromatic nitrogens is 1. The Morgan fingerprint density at radius 2 is 2.14 bits per heavy atom. The van der Waals surface area contributed by atoms with Crippen LogP contribution in [0.5, 0.6) is 0 Å². The molecular weight excluding hydrogens is 348 g/mol. The molecule has 0 unspecified atom stereocenters. The quantitative estimate of drug-likeness (QED) is 0.831. The molecule has 0 radical (unpaired) electrons. The molecule has 28 heavy (non-hydrogen) atoms. The van der Waals surface area contributed by atoms with E-state index in [2.05, 4.69) is 42.4 Å². The van der Waals surface area contributed by atoms with Crippen molar-refractivity contribution in [1.82, 2.24) is 14.5 Å². The minimum atomic E-state index is 0.0786. The Labute approximate surface area is 168 Å². The number of hydrogen-bond acceptors (Lipinski definition) is 3. The van der Waals surface area contributed by atoms with Gasteiger partial charge >= 0.3 is 0 Å². The third-order valence-electron chi connectivity index (χ3n) is 6.63. The summed E-state index contributed by atoms with van der Waals surface area (Å²) in [5.74, 6) is 0.700. The predicted molar refractivity (Wildman–Crippen MR) is 116 cm³/mol. The van der Waals surface area contributed by atoms with Crippen molar-refractivity contribution in [2.45, 2.75) is 57.9 Å². The van der Waals surface area contributed by atoms with Gasteiger partial charge in [-0.15, -0.1) is 0 Å². The van der Waals surface area contributed by atoms with Crippen LogP contribution in [0.1, 0.15) is 55.3 Å². The first kappa shape index (κ1) is 19.5. The molecule has 2 aliphatic rings. The zero-order valence-corrected chi connectivity index (χ0v) is 17.8. The molecule has 2 atom stereocenters. The zero-order chi connectivity index (χ0) is 19.8. The number of piperidine rings is 1. The summed E-state index contributed by atoms with van der Waals surface area (Å²) in [6.45, 7) is 7.62. The summed E-state index contributed by atoms with van der Waals surface area (Å²) < 4.78 is 2.05. The van der Waals surface area contributed by atoms with Gasteiger partial charge in [-0.1, -0.05) is 19.1 Å². The summed E-state index contributed by atoms with van der Waals surface area (Å²) in [6, 6.07) is 7.26. The molecule has 2 aromatic rings. The highest BCUT2D eigenvalue weighted by atomic mass is 16.2. The molecule has 1 aliphatic carbocycles. The second-order valence-corrected chi connectivity index (χ2v) is 8.79. The molecule has 2 heterocycles. The largest absolute Gasteiger partial charge is 0.309 e. The van der Waals surface area contributed by atoms with Gasteiger partial charge in [0.2, 0.25) is 5.91 Å². The Kier molecular flexibility index (Phi) is 5.48. The Balaban J connectivity index is 1.71. The summed E-state index contributed by atoms with van der Waals surface area (Å²) in [4.78, 5) is 17.3. The van der Waals surface area contributed by atoms with E-state index in [1.54, 1.807) is 0 Å². The molecule has 0 bridgehead atoms. The lowest BCUT2D eigenvalue weighted by atomic mass is 9.74. The van der Waals surface area contributed by atoms with Crippen molar-refractivity contribution in [1.29, 1.82) is 0 Å². The molecule has 1 fully saturated rings. The topological polar surface area (TPSA) is 40.5 Å². The first-order valence-electron chi connectivity index (χ1n) is 10.8. The number of hydrogen-bond donors (Lipinski definition) is 1. The van der Waals surface area contributed by atoms with Crippen LogP contribution in [-0.2, 0) is 11.2 Å². The van der Waals surface area contributed by atoms with Gasteiger partial charge in [-0.3, -0.25) is 19.8 Å². The van der Waals surface area contributed by atoms with Gasteiger partial charge in [0.15, 0.2) is 0 Å². The molecule has 152 valence electrons. The predicted octanol–water partition coefficient (Wildman–Crippen LogP) is 3.49. The van der Waals surface area contributed by atoms with Gasteiger partial charge in [-0.25, -0.2) is 0 Å². The van der Waals surface area contributed by atoms with E-state index in [4.69, 9.17) is 0 Å². The third-order valence-corrected chi connectivity index (χ3v) is 6.63. The SMILES string of the molecule is CCCN1CCC[C@@H]2c3cccc4c3c(c(C)n4NC(=O)CCN(C)C)C[C@H]21. The number of nitrogens with zero attached hydrogens (tertiary/aromatic N) is 3. The van der Waals surface area contributed by atoms with Crippen LogP contribution in [0.4, 0.5) is 0 Å². The van der Waals surface area contributed by atoms with Crippen molar-refractivity contribution in [2.24, 2.45) is 0 Å². The highest BCUT2D eigenvalue weighted by Crippen LogP contribution is 2.45. The lowest BCUT2D eigenvalue weighted by molar-refractivity contribution is -0.117. The lowest BCUT2D eigenvalue weighted by Gasteiger charge is -2.44. The molecule has 1 aliphatic heterocycles. The monoisotopic (exact) mass is 382 g/mol. The normalized spacial score (nSPS) is 21.9. The fourth-order valence-corrected chi connectivity index (χ4v) is 5.31. The summed E-state index contributed by atoms with van der Waals surface area (Å²) in [7, 11) is 4.00. The highest BCUT2D eigenvalue weighted by molar-refractivity contribution is 5.93. The molecule has 4 rings (SSSR count). The molecule has 1 N–H and O–H groups in total. The number of rotatable bonds is 6. The van der Waals surface area contributed by atoms with E-state index in [0.717, 1.165) is 18.5 Å². The number of fused-ring (bicyclic) bond motifs is 2. The molecular formula is C23H34N4O. The maximum atomic E-state index is 12.5. The minimum Gasteiger partial charge on any atom is -0.309 e. The van der Waals surface area contributed by atoms with E-state index >= 15 is 0 Å². The van der Waals surface area contributed by atoms with Crippen LogP contribution in [0.2, 0.25) is 0 Å². The van der Waals surface area contributed by atoms with Gasteiger partial charge in [-0.2, -0.15) is 0 Å². The fraction of sp³-hybridized carbons (Fsp3) is 0.609. The number of amides is 1. The molecule has 5 heteroatoms. The molecule has 1 amide bonds. The Hall–Kier alpha value is -1.85. The maximum Gasteiger partial charge on any atom is 0.240 e. The van der Waals surface area contributed by atoms with Gasteiger partial charge in [0.1, 0.15) is 0 Å². The van der Waals surface area contributed by atoms with E-state index in [9.17, 15) is 4.79 Å². The fourth-order valence-electron chi connectivity index (χ4n) is 5.31. The number of nitrogens with one attached hydrogen (secondary N) is 1. The maximum absolute atomic E-state index is 12.5. The van der Waals surface area contributed by atoms with E-state index in [0.29, 0.717) is 18.4 Å². The second kappa shape index (κ2) is 7.88. The average Bonchev–Trinajstić information content (AvgIpc) is 2.94. The van der Waals surface area contributed by atoms with Crippen molar-refractivity contribution >= 4 is 16.8 Å². The van der Waals surface area contributed by atoms with E-state index in [1.807, 2.05) is 23.7 Å². The Bertz CT molecular complexity index is 867. The van der Waals surface area contributed by atoms with E-state index < -0.39 is 0 Å². The molecule has 1 saturated heterocycles. The molecule has 1 aromatic carbocycles. The van der Waals surface area contributed by atoms with Crippen molar-refractivity contribution < 1.29 is 4.79 Å². The Morgan fingerprint density at radius 1 is 1.32 bits per heavy atom. The molecule has 0 saturated carbocycles. The standard InChI is InChI=1S/C23H34N4O/c1-5-12-26-13-7-9-17-18-8-6-10-20-23(18)19(15-21(17)26)16(2)27(20)24-22(28)11-14-25(3)4/h6,8,10,17,21H,5,7,9,11-15H2,1-4H3,(H,24,28)/t17-,21-/m1/s1. The summed E-state index contributed by atoms with van der Waals surface area (Å²) in [6.07, 6.45) is 5.39. The summed E-state index contributed by atoms with van der Waals surface area (Å²) in [5, 5.41) is 1.40. The van der Waals surface area contributed by atoms with Gasteiger partial charge < -0.3 is 4.90 Å². The van der Waals surface area contributed by atoms with Crippen LogP contribution in [0.15, 0.2) is 18.2 Å². The van der Waals surface area contributed by atoms with Gasteiger partial charge in [-0.05, 0) is 77.0 Å². The molecule has 5 nitrogen and oxygen atoms in total. The molecule has 0 spiro atoms. The number of carbonyl (C=O) groups excluding carboxylic acids is 1. The van der Waals surface area contributed by atoms with Crippen LogP contribution in [-0.4, -0.2) is 60.2 Å². The van der Waals surface area contributed by atoms with Gasteiger partial charge in [0.25, 0.3) is 0 Å². The van der Waals surface area contributed by atoms with Gasteiger partial charge in [0.05, 0.1) is 5.52 Å². The number of benzene rings is 1.